The number of likely N-dealkylation sites (tertiary alicyclic amines) is 2. The topological polar surface area (TPSA) is 177 Å². The van der Waals surface area contributed by atoms with Crippen LogP contribution in [0.1, 0.15) is 44.1 Å². The molecule has 36 heavy (non-hydrogen) atoms. The first-order valence-corrected chi connectivity index (χ1v) is 12.0. The molecule has 0 saturated carbocycles. The summed E-state index contributed by atoms with van der Waals surface area (Å²) in [7, 11) is 0. The lowest BCUT2D eigenvalue weighted by atomic mass is 10.1. The van der Waals surface area contributed by atoms with Crippen LogP contribution in [0.5, 0.6) is 0 Å². The predicted octanol–water partition coefficient (Wildman–Crippen LogP) is 0.0425. The molecule has 1 aromatic rings. The van der Waals surface area contributed by atoms with E-state index >= 15 is 0 Å². The monoisotopic (exact) mass is 500 g/mol. The summed E-state index contributed by atoms with van der Waals surface area (Å²) < 4.78 is 5.28. The first-order chi connectivity index (χ1) is 17.3. The number of aliphatic imine (C=N–C) groups is 1. The molecule has 5 N–H and O–H groups in total. The Balaban J connectivity index is 1.60. The number of aldehydes is 1. The minimum absolute atomic E-state index is 0.0323. The van der Waals surface area contributed by atoms with Crippen LogP contribution in [0.4, 0.5) is 4.79 Å². The van der Waals surface area contributed by atoms with E-state index in [1.54, 1.807) is 24.3 Å². The van der Waals surface area contributed by atoms with E-state index in [4.69, 9.17) is 16.2 Å². The van der Waals surface area contributed by atoms with E-state index < -0.39 is 41.9 Å². The van der Waals surface area contributed by atoms with Crippen LogP contribution < -0.4 is 16.8 Å². The summed E-state index contributed by atoms with van der Waals surface area (Å²) in [6.45, 7) is 0.600. The van der Waals surface area contributed by atoms with E-state index in [0.717, 1.165) is 10.5 Å². The Morgan fingerprint density at radius 2 is 1.92 bits per heavy atom. The predicted molar refractivity (Wildman–Crippen MR) is 129 cm³/mol. The van der Waals surface area contributed by atoms with E-state index in [0.29, 0.717) is 45.1 Å². The van der Waals surface area contributed by atoms with Crippen molar-refractivity contribution >= 4 is 36.1 Å². The summed E-state index contributed by atoms with van der Waals surface area (Å²) in [4.78, 5) is 69.0. The zero-order valence-electron chi connectivity index (χ0n) is 20.0. The maximum Gasteiger partial charge on any atom is 0.417 e. The molecule has 12 heteroatoms. The van der Waals surface area contributed by atoms with Gasteiger partial charge in [-0.3, -0.25) is 19.4 Å². The zero-order chi connectivity index (χ0) is 26.1. The first-order valence-electron chi connectivity index (χ1n) is 12.0. The van der Waals surface area contributed by atoms with Crippen LogP contribution >= 0.6 is 0 Å². The Labute approximate surface area is 209 Å². The number of carbonyl (C=O) groups excluding carboxylic acids is 5. The van der Waals surface area contributed by atoms with Gasteiger partial charge in [0, 0.05) is 19.5 Å². The number of hydrogen-bond donors (Lipinski definition) is 3. The maximum atomic E-state index is 13.4. The fourth-order valence-corrected chi connectivity index (χ4v) is 4.40. The van der Waals surface area contributed by atoms with Crippen molar-refractivity contribution in [2.45, 2.75) is 63.3 Å². The third-order valence-electron chi connectivity index (χ3n) is 6.20. The second-order valence-electron chi connectivity index (χ2n) is 8.75. The summed E-state index contributed by atoms with van der Waals surface area (Å²) in [5.41, 5.74) is 11.3. The number of nitrogens with one attached hydrogen (secondary N) is 1. The number of benzene rings is 1. The summed E-state index contributed by atoms with van der Waals surface area (Å²) in [6.07, 6.45) is 1.75. The molecule has 3 atom stereocenters. The van der Waals surface area contributed by atoms with Crippen LogP contribution in [-0.2, 0) is 30.5 Å². The lowest BCUT2D eigenvalue weighted by molar-refractivity contribution is -0.144. The molecule has 0 spiro atoms. The van der Waals surface area contributed by atoms with E-state index in [9.17, 15) is 24.0 Å². The maximum absolute atomic E-state index is 13.4. The minimum atomic E-state index is -1.03. The number of nitrogens with zero attached hydrogens (tertiary/aromatic N) is 3. The molecule has 2 aliphatic rings. The number of rotatable bonds is 10. The van der Waals surface area contributed by atoms with E-state index in [-0.39, 0.29) is 25.4 Å². The Bertz CT molecular complexity index is 996. The molecule has 12 nitrogen and oxygen atoms in total. The Morgan fingerprint density at radius 3 is 2.61 bits per heavy atom. The third kappa shape index (κ3) is 6.80. The van der Waals surface area contributed by atoms with Gasteiger partial charge in [0.1, 0.15) is 25.0 Å². The van der Waals surface area contributed by atoms with Crippen molar-refractivity contribution in [1.82, 2.24) is 15.1 Å². The zero-order valence-corrected chi connectivity index (χ0v) is 20.0. The van der Waals surface area contributed by atoms with E-state index in [2.05, 4.69) is 10.3 Å². The molecule has 2 aliphatic heterocycles. The smallest absolute Gasteiger partial charge is 0.417 e. The highest BCUT2D eigenvalue weighted by Crippen LogP contribution is 2.26. The lowest BCUT2D eigenvalue weighted by Gasteiger charge is -2.30. The average Bonchev–Trinajstić information content (AvgIpc) is 3.51. The molecule has 3 rings (SSSR count). The van der Waals surface area contributed by atoms with Crippen molar-refractivity contribution in [2.75, 3.05) is 13.1 Å². The van der Waals surface area contributed by atoms with Crippen molar-refractivity contribution in [3.8, 4) is 0 Å². The van der Waals surface area contributed by atoms with Crippen molar-refractivity contribution in [3.05, 3.63) is 35.9 Å². The Morgan fingerprint density at radius 1 is 1.17 bits per heavy atom. The SMILES string of the molecule is NC(N)=NCCC[C@@H](C=O)NC(=O)[C@@H]1CCCN1C(=O)[C@H]1CCC(=O)N1C(=O)OCc1ccccc1. The van der Waals surface area contributed by atoms with Gasteiger partial charge in [-0.05, 0) is 37.7 Å². The van der Waals surface area contributed by atoms with Crippen molar-refractivity contribution in [1.29, 1.82) is 0 Å². The first kappa shape index (κ1) is 26.6. The van der Waals surface area contributed by atoms with Gasteiger partial charge in [0.2, 0.25) is 17.7 Å². The van der Waals surface area contributed by atoms with Crippen molar-refractivity contribution in [2.24, 2.45) is 16.5 Å². The number of guanidine groups is 1. The molecule has 2 heterocycles. The second-order valence-corrected chi connectivity index (χ2v) is 8.75. The molecule has 0 aromatic heterocycles. The van der Waals surface area contributed by atoms with Gasteiger partial charge in [-0.2, -0.15) is 0 Å². The van der Waals surface area contributed by atoms with Crippen molar-refractivity contribution in [3.63, 3.8) is 0 Å². The van der Waals surface area contributed by atoms with E-state index in [1.807, 2.05) is 6.07 Å². The summed E-state index contributed by atoms with van der Waals surface area (Å²) in [6, 6.07) is 6.41. The minimum Gasteiger partial charge on any atom is -0.444 e. The highest BCUT2D eigenvalue weighted by molar-refractivity contribution is 6.01. The van der Waals surface area contributed by atoms with Gasteiger partial charge in [0.05, 0.1) is 6.04 Å². The highest BCUT2D eigenvalue weighted by Gasteiger charge is 2.46. The highest BCUT2D eigenvalue weighted by atomic mass is 16.6. The van der Waals surface area contributed by atoms with Gasteiger partial charge >= 0.3 is 6.09 Å². The number of hydrogen-bond acceptors (Lipinski definition) is 7. The van der Waals surface area contributed by atoms with Gasteiger partial charge in [0.15, 0.2) is 5.96 Å². The Hall–Kier alpha value is -3.96. The molecule has 0 aliphatic carbocycles. The molecule has 4 amide bonds. The van der Waals surface area contributed by atoms with E-state index in [1.165, 1.54) is 4.90 Å². The summed E-state index contributed by atoms with van der Waals surface area (Å²) in [5, 5.41) is 2.67. The second kappa shape index (κ2) is 12.7. The number of carbonyl (C=O) groups is 5. The van der Waals surface area contributed by atoms with Crippen LogP contribution in [0.25, 0.3) is 0 Å². The summed E-state index contributed by atoms with van der Waals surface area (Å²) in [5.74, 6) is -1.48. The number of imide groups is 1. The number of nitrogens with two attached hydrogens (primary N) is 2. The standard InChI is InChI=1S/C24H32N6O6/c25-23(26)27-12-4-8-17(14-31)28-21(33)18-9-5-13-29(18)22(34)19-10-11-20(32)30(19)24(35)36-15-16-6-2-1-3-7-16/h1-3,6-7,14,17-19H,4-5,8-13,15H2,(H,28,33)(H4,25,26,27)/t17-,18-,19+/m0/s1. The molecule has 194 valence electrons. The normalized spacial score (nSPS) is 20.1. The third-order valence-corrected chi connectivity index (χ3v) is 6.20. The van der Waals surface area contributed by atoms with Gasteiger partial charge in [-0.15, -0.1) is 0 Å². The molecule has 1 aromatic carbocycles. The molecular weight excluding hydrogens is 468 g/mol. The molecule has 2 fully saturated rings. The summed E-state index contributed by atoms with van der Waals surface area (Å²) >= 11 is 0. The van der Waals surface area contributed by atoms with Crippen LogP contribution in [0.2, 0.25) is 0 Å². The lowest BCUT2D eigenvalue weighted by Crippen LogP contribution is -2.54. The van der Waals surface area contributed by atoms with Gasteiger partial charge < -0.3 is 31.2 Å². The molecule has 0 bridgehead atoms. The van der Waals surface area contributed by atoms with Gasteiger partial charge in [0.25, 0.3) is 0 Å². The largest absolute Gasteiger partial charge is 0.444 e. The van der Waals surface area contributed by atoms with Crippen LogP contribution in [0, 0.1) is 0 Å². The fraction of sp³-hybridized carbons (Fsp3) is 0.500. The Kier molecular flexibility index (Phi) is 9.37. The molecule has 2 saturated heterocycles. The van der Waals surface area contributed by atoms with Gasteiger partial charge in [-0.25, -0.2) is 9.69 Å². The van der Waals surface area contributed by atoms with Gasteiger partial charge in [-0.1, -0.05) is 30.3 Å². The quantitative estimate of drug-likeness (QED) is 0.174. The number of amides is 4. The average molecular weight is 501 g/mol. The number of ether oxygens (including phenoxy) is 1. The van der Waals surface area contributed by atoms with Crippen molar-refractivity contribution < 1.29 is 28.7 Å². The molecule has 0 radical (unpaired) electrons. The van der Waals surface area contributed by atoms with Crippen LogP contribution in [0.15, 0.2) is 35.3 Å². The molecule has 0 unspecified atom stereocenters. The van der Waals surface area contributed by atoms with Crippen LogP contribution in [-0.4, -0.2) is 77.1 Å². The van der Waals surface area contributed by atoms with Crippen LogP contribution in [0.3, 0.4) is 0 Å². The fourth-order valence-electron chi connectivity index (χ4n) is 4.40. The molecular formula is C24H32N6O6.